The van der Waals surface area contributed by atoms with Crippen LogP contribution in [0.25, 0.3) is 21.9 Å². The molecule has 8 heteroatoms. The maximum absolute atomic E-state index is 12.9. The molecule has 0 radical (unpaired) electrons. The number of benzene rings is 3. The van der Waals surface area contributed by atoms with Crippen LogP contribution in [0.2, 0.25) is 5.02 Å². The van der Waals surface area contributed by atoms with Crippen LogP contribution in [-0.4, -0.2) is 24.5 Å². The van der Waals surface area contributed by atoms with Gasteiger partial charge in [0.05, 0.1) is 17.1 Å². The Morgan fingerprint density at radius 3 is 2.61 bits per heavy atom. The summed E-state index contributed by atoms with van der Waals surface area (Å²) < 4.78 is 22.2. The first-order chi connectivity index (χ1) is 13.6. The fraction of sp³-hybridized carbons (Fsp3) is 0.150. The summed E-state index contributed by atoms with van der Waals surface area (Å²) in [4.78, 5) is 12.9. The average Bonchev–Trinajstić information content (AvgIpc) is 3.40. The van der Waals surface area contributed by atoms with Crippen molar-refractivity contribution >= 4 is 28.3 Å². The second-order valence-corrected chi connectivity index (χ2v) is 7.21. The first-order valence-corrected chi connectivity index (χ1v) is 9.04. The van der Waals surface area contributed by atoms with Crippen molar-refractivity contribution in [2.24, 2.45) is 5.84 Å². The average molecular weight is 397 g/mol. The lowest BCUT2D eigenvalue weighted by Gasteiger charge is -2.15. The van der Waals surface area contributed by atoms with Gasteiger partial charge in [0.1, 0.15) is 0 Å². The Balaban J connectivity index is 1.77. The molecule has 0 unspecified atom stereocenters. The smallest absolute Gasteiger partial charge is 0.269 e. The van der Waals surface area contributed by atoms with E-state index in [2.05, 4.69) is 0 Å². The van der Waals surface area contributed by atoms with E-state index in [1.165, 1.54) is 5.01 Å². The van der Waals surface area contributed by atoms with Gasteiger partial charge in [-0.05, 0) is 29.3 Å². The molecule has 7 nitrogen and oxygen atoms in total. The lowest BCUT2D eigenvalue weighted by atomic mass is 9.89. The van der Waals surface area contributed by atoms with Crippen LogP contribution in [0.4, 0.5) is 0 Å². The minimum atomic E-state index is -0.253. The normalized spacial score (nSPS) is 16.2. The summed E-state index contributed by atoms with van der Waals surface area (Å²) in [6.45, 7) is 0.575. The number of carbonyl (C=O) groups is 1. The monoisotopic (exact) mass is 396 g/mol. The molecule has 0 spiro atoms. The van der Waals surface area contributed by atoms with Gasteiger partial charge in [-0.25, -0.2) is 5.84 Å². The molecule has 140 valence electrons. The Bertz CT molecular complexity index is 1210. The summed E-state index contributed by atoms with van der Waals surface area (Å²) >= 11 is 6.56. The number of nitrogens with zero attached hydrogens (tertiary/aromatic N) is 1. The van der Waals surface area contributed by atoms with E-state index in [0.29, 0.717) is 45.7 Å². The highest BCUT2D eigenvalue weighted by Gasteiger charge is 2.34. The Labute approximate surface area is 164 Å². The number of halogens is 1. The highest BCUT2D eigenvalue weighted by molar-refractivity contribution is 6.37. The summed E-state index contributed by atoms with van der Waals surface area (Å²) in [5.41, 5.74) is 2.84. The molecule has 0 bridgehead atoms. The second-order valence-electron chi connectivity index (χ2n) is 6.80. The molecule has 0 saturated heterocycles. The first kappa shape index (κ1) is 15.9. The van der Waals surface area contributed by atoms with Crippen molar-refractivity contribution in [3.63, 3.8) is 0 Å². The minimum Gasteiger partial charge on any atom is -0.454 e. The number of nitrogens with two attached hydrogens (primary N) is 1. The SMILES string of the molecule is NN1Cc2cc3c(Cl)cc4c(c3c(-c3ccc5c(c3)OCO5)c2C1=O)OCO4. The van der Waals surface area contributed by atoms with Crippen molar-refractivity contribution in [1.82, 2.24) is 5.01 Å². The van der Waals surface area contributed by atoms with Crippen molar-refractivity contribution < 1.29 is 23.7 Å². The molecule has 0 aliphatic carbocycles. The Morgan fingerprint density at radius 2 is 1.71 bits per heavy atom. The van der Waals surface area contributed by atoms with Crippen molar-refractivity contribution in [2.75, 3.05) is 13.6 Å². The lowest BCUT2D eigenvalue weighted by Crippen LogP contribution is -2.30. The minimum absolute atomic E-state index is 0.0966. The van der Waals surface area contributed by atoms with Crippen molar-refractivity contribution in [1.29, 1.82) is 0 Å². The van der Waals surface area contributed by atoms with Crippen LogP contribution in [-0.2, 0) is 6.54 Å². The van der Waals surface area contributed by atoms with Gasteiger partial charge in [-0.2, -0.15) is 0 Å². The van der Waals surface area contributed by atoms with Crippen LogP contribution in [0, 0.1) is 0 Å². The van der Waals surface area contributed by atoms with Crippen LogP contribution in [0.5, 0.6) is 23.0 Å². The van der Waals surface area contributed by atoms with Crippen LogP contribution in [0.15, 0.2) is 30.3 Å². The predicted octanol–water partition coefficient (Wildman–Crippen LogP) is 3.45. The zero-order chi connectivity index (χ0) is 19.0. The molecular formula is C20H13ClN2O5. The van der Waals surface area contributed by atoms with Gasteiger partial charge in [0.25, 0.3) is 5.91 Å². The first-order valence-electron chi connectivity index (χ1n) is 8.66. The van der Waals surface area contributed by atoms with Crippen molar-refractivity contribution in [2.45, 2.75) is 6.54 Å². The van der Waals surface area contributed by atoms with E-state index in [0.717, 1.165) is 21.9 Å². The van der Waals surface area contributed by atoms with E-state index in [1.807, 2.05) is 24.3 Å². The van der Waals surface area contributed by atoms with E-state index in [1.54, 1.807) is 6.07 Å². The molecule has 28 heavy (non-hydrogen) atoms. The Morgan fingerprint density at radius 1 is 0.929 bits per heavy atom. The number of hydrogen-bond acceptors (Lipinski definition) is 6. The molecule has 3 aliphatic heterocycles. The van der Waals surface area contributed by atoms with Crippen molar-refractivity contribution in [3.8, 4) is 34.1 Å². The van der Waals surface area contributed by atoms with E-state index in [-0.39, 0.29) is 19.5 Å². The molecule has 0 atom stereocenters. The summed E-state index contributed by atoms with van der Waals surface area (Å²) in [5.74, 6) is 8.08. The molecular weight excluding hydrogens is 384 g/mol. The molecule has 3 aromatic rings. The van der Waals surface area contributed by atoms with Gasteiger partial charge >= 0.3 is 0 Å². The van der Waals surface area contributed by atoms with Crippen LogP contribution >= 0.6 is 11.6 Å². The van der Waals surface area contributed by atoms with Gasteiger partial charge in [-0.1, -0.05) is 17.7 Å². The summed E-state index contributed by atoms with van der Waals surface area (Å²) in [5, 5.41) is 3.22. The molecule has 6 rings (SSSR count). The summed E-state index contributed by atoms with van der Waals surface area (Å²) in [6.07, 6.45) is 0. The fourth-order valence-electron chi connectivity index (χ4n) is 4.06. The van der Waals surface area contributed by atoms with E-state index < -0.39 is 0 Å². The fourth-order valence-corrected chi connectivity index (χ4v) is 4.30. The second kappa shape index (κ2) is 5.43. The molecule has 2 N–H and O–H groups in total. The predicted molar refractivity (Wildman–Crippen MR) is 101 cm³/mol. The van der Waals surface area contributed by atoms with Gasteiger partial charge < -0.3 is 18.9 Å². The number of ether oxygens (including phenoxy) is 4. The van der Waals surface area contributed by atoms with Crippen LogP contribution in [0.1, 0.15) is 15.9 Å². The van der Waals surface area contributed by atoms with Gasteiger partial charge in [0, 0.05) is 22.4 Å². The Hall–Kier alpha value is -3.16. The van der Waals surface area contributed by atoms with Crippen molar-refractivity contribution in [3.05, 3.63) is 46.5 Å². The van der Waals surface area contributed by atoms with Gasteiger partial charge in [-0.3, -0.25) is 9.80 Å². The van der Waals surface area contributed by atoms with Gasteiger partial charge in [-0.15, -0.1) is 0 Å². The third-order valence-corrected chi connectivity index (χ3v) is 5.58. The summed E-state index contributed by atoms with van der Waals surface area (Å²) in [7, 11) is 0. The van der Waals surface area contributed by atoms with E-state index in [4.69, 9.17) is 36.4 Å². The summed E-state index contributed by atoms with van der Waals surface area (Å²) in [6, 6.07) is 9.20. The molecule has 0 aromatic heterocycles. The number of hydrogen-bond donors (Lipinski definition) is 1. The zero-order valence-corrected chi connectivity index (χ0v) is 15.2. The molecule has 0 saturated carbocycles. The highest BCUT2D eigenvalue weighted by Crippen LogP contribution is 2.50. The number of carbonyl (C=O) groups excluding carboxylic acids is 1. The number of fused-ring (bicyclic) bond motifs is 5. The standard InChI is InChI=1S/C20H13ClN2O5/c21-12-5-15-19(28-8-27-15)18-11(12)3-10-6-23(22)20(24)17(10)16(18)9-1-2-13-14(4-9)26-7-25-13/h1-5H,6-8,22H2. The topological polar surface area (TPSA) is 83.2 Å². The lowest BCUT2D eigenvalue weighted by molar-refractivity contribution is 0.0779. The zero-order valence-electron chi connectivity index (χ0n) is 14.5. The number of amides is 1. The molecule has 3 aliphatic rings. The van der Waals surface area contributed by atoms with Crippen LogP contribution < -0.4 is 24.8 Å². The molecule has 0 fully saturated rings. The largest absolute Gasteiger partial charge is 0.454 e. The van der Waals surface area contributed by atoms with E-state index in [9.17, 15) is 4.79 Å². The molecule has 3 heterocycles. The van der Waals surface area contributed by atoms with Crippen LogP contribution in [0.3, 0.4) is 0 Å². The quantitative estimate of drug-likeness (QED) is 0.501. The number of hydrazine groups is 1. The Kier molecular flexibility index (Phi) is 3.08. The highest BCUT2D eigenvalue weighted by atomic mass is 35.5. The van der Waals surface area contributed by atoms with Gasteiger partial charge in [0.2, 0.25) is 13.6 Å². The molecule has 3 aromatic carbocycles. The van der Waals surface area contributed by atoms with E-state index >= 15 is 0 Å². The maximum Gasteiger partial charge on any atom is 0.269 e. The third kappa shape index (κ3) is 2.00. The molecule has 1 amide bonds. The maximum atomic E-state index is 12.9. The number of rotatable bonds is 1. The van der Waals surface area contributed by atoms with Gasteiger partial charge in [0.15, 0.2) is 23.0 Å². The third-order valence-electron chi connectivity index (χ3n) is 5.27.